The zero-order chi connectivity index (χ0) is 60.7. The zero-order valence-electron chi connectivity index (χ0n) is 51.1. The maximum atomic E-state index is 17.0. The number of nitrogens with zero attached hydrogens (tertiary/aromatic N) is 11. The molecular weight excluding hydrogens is 1120 g/mol. The molecule has 7 aromatic rings. The van der Waals surface area contributed by atoms with Crippen molar-refractivity contribution in [2.75, 3.05) is 68.9 Å². The number of nitrogens with one attached hydrogen (secondary N) is 1. The van der Waals surface area contributed by atoms with Gasteiger partial charge < -0.3 is 38.4 Å². The Morgan fingerprint density at radius 2 is 1.62 bits per heavy atom. The summed E-state index contributed by atoms with van der Waals surface area (Å²) in [5.41, 5.74) is 6.86. The van der Waals surface area contributed by atoms with Gasteiger partial charge in [-0.05, 0) is 131 Å². The van der Waals surface area contributed by atoms with Crippen molar-refractivity contribution in [2.24, 2.45) is 7.05 Å². The van der Waals surface area contributed by atoms with Crippen molar-refractivity contribution in [3.63, 3.8) is 0 Å². The summed E-state index contributed by atoms with van der Waals surface area (Å²) in [4.78, 5) is 73.4. The highest BCUT2D eigenvalue weighted by molar-refractivity contribution is 6.09. The van der Waals surface area contributed by atoms with Crippen LogP contribution in [0.25, 0.3) is 43.8 Å². The van der Waals surface area contributed by atoms with Gasteiger partial charge >= 0.3 is 18.1 Å². The summed E-state index contributed by atoms with van der Waals surface area (Å²) in [6, 6.07) is 17.2. The molecule has 0 radical (unpaired) electrons. The molecule has 4 atom stereocenters. The van der Waals surface area contributed by atoms with Crippen LogP contribution in [-0.4, -0.2) is 157 Å². The number of hydrogen-bond acceptors (Lipinski definition) is 15. The molecule has 21 nitrogen and oxygen atoms in total. The third kappa shape index (κ3) is 11.0. The summed E-state index contributed by atoms with van der Waals surface area (Å²) >= 11 is 0. The first kappa shape index (κ1) is 57.8. The van der Waals surface area contributed by atoms with Crippen molar-refractivity contribution >= 4 is 68.3 Å². The molecule has 0 spiro atoms. The van der Waals surface area contributed by atoms with Crippen molar-refractivity contribution in [2.45, 2.75) is 154 Å². The number of piperazine rings is 2. The summed E-state index contributed by atoms with van der Waals surface area (Å²) in [5.74, 6) is 1.17. The maximum Gasteiger partial charge on any atom is 0.410 e. The minimum Gasteiger partial charge on any atom is -0.486 e. The second kappa shape index (κ2) is 23.2. The number of hydrogen-bond donors (Lipinski definition) is 1. The van der Waals surface area contributed by atoms with E-state index in [0.29, 0.717) is 117 Å². The van der Waals surface area contributed by atoms with Gasteiger partial charge in [0.15, 0.2) is 17.8 Å². The molecule has 7 aliphatic rings. The number of benzene rings is 4. The van der Waals surface area contributed by atoms with Crippen LogP contribution in [0, 0.1) is 12.7 Å². The molecule has 1 N–H and O–H groups in total. The fourth-order valence-electron chi connectivity index (χ4n) is 14.1. The number of amides is 5. The highest BCUT2D eigenvalue weighted by Crippen LogP contribution is 2.54. The van der Waals surface area contributed by atoms with Crippen LogP contribution in [0.4, 0.5) is 25.6 Å². The van der Waals surface area contributed by atoms with E-state index in [2.05, 4.69) is 45.3 Å². The quantitative estimate of drug-likeness (QED) is 0.108. The van der Waals surface area contributed by atoms with Crippen molar-refractivity contribution in [3.8, 4) is 22.9 Å². The first-order valence-electron chi connectivity index (χ1n) is 31.5. The lowest BCUT2D eigenvalue weighted by Gasteiger charge is -2.41. The van der Waals surface area contributed by atoms with Gasteiger partial charge in [-0.1, -0.05) is 25.1 Å². The topological polar surface area (TPSA) is 204 Å². The number of rotatable bonds is 14. The lowest BCUT2D eigenvalue weighted by molar-refractivity contribution is -0.120. The largest absolute Gasteiger partial charge is 0.486 e. The van der Waals surface area contributed by atoms with Crippen molar-refractivity contribution in [1.82, 2.24) is 49.5 Å². The fraction of sp³-hybridized carbons (Fsp3) is 0.515. The van der Waals surface area contributed by atoms with Crippen LogP contribution >= 0.6 is 0 Å². The molecular formula is C66H77FN12O9. The predicted molar refractivity (Wildman–Crippen MR) is 328 cm³/mol. The van der Waals surface area contributed by atoms with E-state index in [4.69, 9.17) is 38.8 Å². The molecule has 4 aromatic carbocycles. The number of fused-ring (bicyclic) bond motifs is 5. The average Bonchev–Trinajstić information content (AvgIpc) is 1.88. The predicted octanol–water partition coefficient (Wildman–Crippen LogP) is 10.1. The van der Waals surface area contributed by atoms with Gasteiger partial charge in [0.25, 0.3) is 5.91 Å². The summed E-state index contributed by atoms with van der Waals surface area (Å²) in [5, 5.41) is 14.4. The Hall–Kier alpha value is -7.95. The summed E-state index contributed by atoms with van der Waals surface area (Å²) in [6.45, 7) is 15.3. The molecule has 22 heteroatoms. The van der Waals surface area contributed by atoms with E-state index < -0.39 is 11.6 Å². The Kier molecular flexibility index (Phi) is 15.2. The molecule has 6 aliphatic heterocycles. The van der Waals surface area contributed by atoms with E-state index >= 15 is 4.39 Å². The number of anilines is 2. The standard InChI is InChI=1S/C66H77FN12O9/c1-7-43-34-74(33-40-13-18-47-52(28-40)73(6)72-61(47)76-22-19-54(80)69-64(76)82)23-24-75(43)62(81)42-14-11-39(12-15-42)37-86-59-57(56-38(2)51(67)31-53-50(56)32-68-79(53)55-10-8-9-25-85-55)48(41-16-17-41)30-49-58(59)70-63(87-46-20-26-84-27-21-46)71-60(49)77-35-45-29-44(77)36-78(45)65(83)88-66(3,4)5/h11-15,18,28,30-32,41,43-46,55H,7-10,16-17,19-27,29,33-37H2,1-6H3,(H,69,80,82)/t43-,44-,45-,55?/m0/s1. The summed E-state index contributed by atoms with van der Waals surface area (Å²) in [6.07, 6.45) is 8.70. The van der Waals surface area contributed by atoms with E-state index in [0.717, 1.165) is 88.9 Å². The maximum absolute atomic E-state index is 17.0. The number of ether oxygens (including phenoxy) is 5. The lowest BCUT2D eigenvalue weighted by atomic mass is 9.88. The molecule has 6 saturated heterocycles. The monoisotopic (exact) mass is 1200 g/mol. The Bertz CT molecular complexity index is 3880. The fourth-order valence-corrected chi connectivity index (χ4v) is 14.1. The van der Waals surface area contributed by atoms with Crippen LogP contribution < -0.4 is 24.6 Å². The second-order valence-electron chi connectivity index (χ2n) is 26.0. The van der Waals surface area contributed by atoms with Crippen LogP contribution in [0.3, 0.4) is 0 Å². The number of aryl methyl sites for hydroxylation is 1. The Morgan fingerprint density at radius 3 is 2.35 bits per heavy atom. The van der Waals surface area contributed by atoms with Crippen molar-refractivity contribution < 1.29 is 47.3 Å². The second-order valence-corrected chi connectivity index (χ2v) is 26.0. The van der Waals surface area contributed by atoms with Crippen LogP contribution in [0.2, 0.25) is 0 Å². The smallest absolute Gasteiger partial charge is 0.410 e. The first-order valence-corrected chi connectivity index (χ1v) is 31.5. The van der Waals surface area contributed by atoms with Gasteiger partial charge in [-0.15, -0.1) is 0 Å². The number of likely N-dealkylation sites (tertiary alicyclic amines) is 1. The SMILES string of the molecule is CC[C@H]1CN(Cc2ccc3c(N4CCC(=O)NC4=O)nn(C)c3c2)CCN1C(=O)c1ccc(COc2c(-c3c(C)c(F)cc4c3cnn4C3CCCCO3)c(C3CC3)cc3c(N4C[C@@H]5C[C@H]4CN5C(=O)OC(C)(C)C)nc(OC4CCOCC4)nc23)cc1. The molecule has 462 valence electrons. The van der Waals surface area contributed by atoms with Crippen molar-refractivity contribution in [3.05, 3.63) is 94.4 Å². The van der Waals surface area contributed by atoms with Gasteiger partial charge in [-0.25, -0.2) is 18.7 Å². The molecule has 7 fully saturated rings. The number of urea groups is 1. The molecule has 1 aliphatic carbocycles. The van der Waals surface area contributed by atoms with E-state index in [1.807, 2.05) is 85.8 Å². The molecule has 88 heavy (non-hydrogen) atoms. The first-order chi connectivity index (χ1) is 42.5. The molecule has 5 amide bonds. The Balaban J connectivity index is 0.781. The molecule has 3 aromatic heterocycles. The normalized spacial score (nSPS) is 22.2. The number of carbonyl (C=O) groups is 4. The van der Waals surface area contributed by atoms with Gasteiger partial charge in [0.1, 0.15) is 35.5 Å². The number of halogens is 1. The Labute approximate surface area is 510 Å². The average molecular weight is 1200 g/mol. The van der Waals surface area contributed by atoms with Gasteiger partial charge in [0.05, 0.1) is 42.5 Å². The van der Waals surface area contributed by atoms with E-state index in [1.54, 1.807) is 10.7 Å². The van der Waals surface area contributed by atoms with Gasteiger partial charge in [-0.2, -0.15) is 20.2 Å². The minimum absolute atomic E-state index is 0.0195. The van der Waals surface area contributed by atoms with Crippen LogP contribution in [0.5, 0.6) is 11.8 Å². The van der Waals surface area contributed by atoms with Gasteiger partial charge in [0, 0.05) is 124 Å². The number of aromatic nitrogens is 6. The molecule has 1 saturated carbocycles. The van der Waals surface area contributed by atoms with E-state index in [9.17, 15) is 19.2 Å². The number of carbonyl (C=O) groups excluding carboxylic acids is 4. The van der Waals surface area contributed by atoms with E-state index in [1.165, 1.54) is 4.90 Å². The zero-order valence-corrected chi connectivity index (χ0v) is 51.1. The minimum atomic E-state index is -0.634. The highest BCUT2D eigenvalue weighted by atomic mass is 19.1. The summed E-state index contributed by atoms with van der Waals surface area (Å²) in [7, 11) is 1.86. The third-order valence-electron chi connectivity index (χ3n) is 18.8. The molecule has 2 bridgehead atoms. The van der Waals surface area contributed by atoms with Crippen LogP contribution in [0.15, 0.2) is 60.8 Å². The van der Waals surface area contributed by atoms with E-state index in [-0.39, 0.29) is 85.7 Å². The highest BCUT2D eigenvalue weighted by Gasteiger charge is 2.48. The van der Waals surface area contributed by atoms with Gasteiger partial charge in [-0.3, -0.25) is 29.4 Å². The van der Waals surface area contributed by atoms with Crippen LogP contribution in [-0.2, 0) is 39.2 Å². The number of imide groups is 1. The Morgan fingerprint density at radius 1 is 0.818 bits per heavy atom. The van der Waals surface area contributed by atoms with Gasteiger partial charge in [0.2, 0.25) is 5.91 Å². The lowest BCUT2D eigenvalue weighted by Crippen LogP contribution is -2.54. The van der Waals surface area contributed by atoms with Crippen molar-refractivity contribution in [1.29, 1.82) is 0 Å². The van der Waals surface area contributed by atoms with Crippen LogP contribution in [0.1, 0.15) is 137 Å². The third-order valence-corrected chi connectivity index (χ3v) is 18.8. The molecule has 14 rings (SSSR count). The molecule has 1 unspecified atom stereocenters. The summed E-state index contributed by atoms with van der Waals surface area (Å²) < 4.78 is 52.5. The molecule has 9 heterocycles.